The highest BCUT2D eigenvalue weighted by Gasteiger charge is 2.46. The first kappa shape index (κ1) is 19.3. The molecule has 0 saturated carbocycles. The van der Waals surface area contributed by atoms with Crippen molar-refractivity contribution < 1.29 is 12.8 Å². The molecular formula is C21H31FN2O2S. The van der Waals surface area contributed by atoms with Crippen LogP contribution in [0, 0.1) is 17.7 Å². The van der Waals surface area contributed by atoms with Gasteiger partial charge in [-0.05, 0) is 61.8 Å². The first-order valence-corrected chi connectivity index (χ1v) is 12.4. The maximum atomic E-state index is 13.7. The fraction of sp³-hybridized carbons (Fsp3) is 0.714. The van der Waals surface area contributed by atoms with Crippen molar-refractivity contribution in [2.45, 2.75) is 44.2 Å². The summed E-state index contributed by atoms with van der Waals surface area (Å²) in [6.45, 7) is 3.79. The molecule has 0 N–H and O–H groups in total. The van der Waals surface area contributed by atoms with Gasteiger partial charge in [-0.15, -0.1) is 0 Å². The van der Waals surface area contributed by atoms with Gasteiger partial charge in [-0.2, -0.15) is 0 Å². The Morgan fingerprint density at radius 2 is 2.00 bits per heavy atom. The van der Waals surface area contributed by atoms with Crippen LogP contribution in [-0.4, -0.2) is 68.5 Å². The summed E-state index contributed by atoms with van der Waals surface area (Å²) in [6, 6.07) is 8.08. The minimum Gasteiger partial charge on any atom is -0.302 e. The van der Waals surface area contributed by atoms with E-state index in [0.717, 1.165) is 31.6 Å². The maximum Gasteiger partial charge on any atom is 0.148 e. The summed E-state index contributed by atoms with van der Waals surface area (Å²) in [5.74, 6) is 1.28. The lowest BCUT2D eigenvalue weighted by molar-refractivity contribution is -0.0699. The predicted molar refractivity (Wildman–Crippen MR) is 106 cm³/mol. The van der Waals surface area contributed by atoms with Gasteiger partial charge in [0.2, 0.25) is 0 Å². The number of piperidine rings is 3. The number of halogens is 1. The van der Waals surface area contributed by atoms with E-state index in [9.17, 15) is 12.8 Å². The first-order chi connectivity index (χ1) is 12.9. The molecular weight excluding hydrogens is 363 g/mol. The van der Waals surface area contributed by atoms with Gasteiger partial charge in [0.15, 0.2) is 0 Å². The predicted octanol–water partition coefficient (Wildman–Crippen LogP) is 2.59. The zero-order chi connectivity index (χ0) is 19.0. The van der Waals surface area contributed by atoms with Crippen LogP contribution in [0.5, 0.6) is 0 Å². The van der Waals surface area contributed by atoms with Crippen LogP contribution in [0.4, 0.5) is 4.39 Å². The number of rotatable bonds is 5. The monoisotopic (exact) mass is 394 g/mol. The van der Waals surface area contributed by atoms with Crippen LogP contribution in [0.2, 0.25) is 0 Å². The van der Waals surface area contributed by atoms with Crippen molar-refractivity contribution in [3.05, 3.63) is 35.6 Å². The van der Waals surface area contributed by atoms with E-state index in [-0.39, 0.29) is 11.6 Å². The Labute approximate surface area is 162 Å². The Hall–Kier alpha value is -0.980. The number of fused-ring (bicyclic) bond motifs is 4. The molecule has 3 aliphatic rings. The van der Waals surface area contributed by atoms with E-state index in [1.54, 1.807) is 6.07 Å². The largest absolute Gasteiger partial charge is 0.302 e. The van der Waals surface area contributed by atoms with E-state index < -0.39 is 9.84 Å². The van der Waals surface area contributed by atoms with Crippen LogP contribution in [0.15, 0.2) is 24.3 Å². The minimum atomic E-state index is -2.93. The number of sulfone groups is 1. The summed E-state index contributed by atoms with van der Waals surface area (Å²) in [5.41, 5.74) is 1.08. The number of hydrogen-bond acceptors (Lipinski definition) is 4. The molecule has 4 rings (SSSR count). The van der Waals surface area contributed by atoms with Crippen molar-refractivity contribution in [1.82, 2.24) is 9.80 Å². The molecule has 2 bridgehead atoms. The van der Waals surface area contributed by atoms with Gasteiger partial charge in [0.05, 0.1) is 5.75 Å². The zero-order valence-electron chi connectivity index (χ0n) is 16.2. The quantitative estimate of drug-likeness (QED) is 0.770. The van der Waals surface area contributed by atoms with Crippen LogP contribution in [0.1, 0.15) is 31.2 Å². The van der Waals surface area contributed by atoms with Crippen molar-refractivity contribution >= 4 is 9.84 Å². The average Bonchev–Trinajstić information content (AvgIpc) is 2.63. The maximum absolute atomic E-state index is 13.7. The molecule has 3 heterocycles. The van der Waals surface area contributed by atoms with Crippen LogP contribution in [0.25, 0.3) is 0 Å². The lowest BCUT2D eigenvalue weighted by Crippen LogP contribution is -2.64. The molecule has 0 unspecified atom stereocenters. The number of nitrogens with zero attached hydrogens (tertiary/aromatic N) is 2. The van der Waals surface area contributed by atoms with Gasteiger partial charge in [-0.3, -0.25) is 4.90 Å². The fourth-order valence-electron chi connectivity index (χ4n) is 5.67. The van der Waals surface area contributed by atoms with Gasteiger partial charge in [0, 0.05) is 38.0 Å². The molecule has 4 nitrogen and oxygen atoms in total. The van der Waals surface area contributed by atoms with Gasteiger partial charge in [-0.25, -0.2) is 12.8 Å². The SMILES string of the molecule is CS(=O)(=O)CCN1C[C@H]2C[C@@H](C1)[C@H](Cc1cccc(F)c1)N1CCCC[C@@H]21. The Balaban J connectivity index is 1.53. The molecule has 3 fully saturated rings. The third kappa shape index (κ3) is 4.54. The number of likely N-dealkylation sites (tertiary alicyclic amines) is 1. The van der Waals surface area contributed by atoms with Crippen LogP contribution >= 0.6 is 0 Å². The third-order valence-electron chi connectivity index (χ3n) is 6.81. The summed E-state index contributed by atoms with van der Waals surface area (Å²) in [4.78, 5) is 5.10. The molecule has 150 valence electrons. The molecule has 0 aromatic heterocycles. The van der Waals surface area contributed by atoms with E-state index in [1.165, 1.54) is 38.0 Å². The molecule has 0 radical (unpaired) electrons. The zero-order valence-corrected chi connectivity index (χ0v) is 17.0. The lowest BCUT2D eigenvalue weighted by atomic mass is 9.71. The Kier molecular flexibility index (Phi) is 5.59. The fourth-order valence-corrected chi connectivity index (χ4v) is 6.26. The van der Waals surface area contributed by atoms with Gasteiger partial charge in [0.25, 0.3) is 0 Å². The number of hydrogen-bond donors (Lipinski definition) is 0. The van der Waals surface area contributed by atoms with E-state index in [0.29, 0.717) is 30.5 Å². The van der Waals surface area contributed by atoms with Crippen LogP contribution < -0.4 is 0 Å². The van der Waals surface area contributed by atoms with Gasteiger partial charge in [0.1, 0.15) is 15.7 Å². The molecule has 1 aromatic carbocycles. The molecule has 6 heteroatoms. The Bertz CT molecular complexity index is 769. The highest BCUT2D eigenvalue weighted by molar-refractivity contribution is 7.90. The Morgan fingerprint density at radius 1 is 1.19 bits per heavy atom. The van der Waals surface area contributed by atoms with Crippen molar-refractivity contribution in [3.63, 3.8) is 0 Å². The minimum absolute atomic E-state index is 0.158. The summed E-state index contributed by atoms with van der Waals surface area (Å²) in [5, 5.41) is 0. The van der Waals surface area contributed by atoms with E-state index in [4.69, 9.17) is 0 Å². The van der Waals surface area contributed by atoms with E-state index in [1.807, 2.05) is 12.1 Å². The molecule has 3 saturated heterocycles. The van der Waals surface area contributed by atoms with Crippen molar-refractivity contribution in [2.75, 3.05) is 38.2 Å². The lowest BCUT2D eigenvalue weighted by Gasteiger charge is -2.57. The molecule has 4 atom stereocenters. The number of benzene rings is 1. The molecule has 27 heavy (non-hydrogen) atoms. The van der Waals surface area contributed by atoms with Crippen LogP contribution in [-0.2, 0) is 16.3 Å². The smallest absolute Gasteiger partial charge is 0.148 e. The van der Waals surface area contributed by atoms with Crippen LogP contribution in [0.3, 0.4) is 0 Å². The standard InChI is InChI=1S/C21H31FN2O2S/c1-27(25,26)10-9-23-14-17-13-18(15-23)21(24-8-3-2-7-20(17)24)12-16-5-4-6-19(22)11-16/h4-6,11,17-18,20-21H,2-3,7-10,12-15H2,1H3/t17-,18+,20+,21+/m1/s1. The van der Waals surface area contributed by atoms with Gasteiger partial charge in [-0.1, -0.05) is 18.6 Å². The second kappa shape index (κ2) is 7.80. The summed E-state index contributed by atoms with van der Waals surface area (Å²) < 4.78 is 36.9. The molecule has 0 amide bonds. The highest BCUT2D eigenvalue weighted by Crippen LogP contribution is 2.42. The summed E-state index contributed by atoms with van der Waals surface area (Å²) in [7, 11) is -2.93. The van der Waals surface area contributed by atoms with Gasteiger partial charge >= 0.3 is 0 Å². The Morgan fingerprint density at radius 3 is 2.78 bits per heavy atom. The summed E-state index contributed by atoms with van der Waals surface area (Å²) >= 11 is 0. The second-order valence-electron chi connectivity index (χ2n) is 8.85. The molecule has 3 aliphatic heterocycles. The second-order valence-corrected chi connectivity index (χ2v) is 11.1. The topological polar surface area (TPSA) is 40.6 Å². The van der Waals surface area contributed by atoms with E-state index >= 15 is 0 Å². The average molecular weight is 395 g/mol. The van der Waals surface area contributed by atoms with Gasteiger partial charge < -0.3 is 4.90 Å². The van der Waals surface area contributed by atoms with E-state index in [2.05, 4.69) is 9.80 Å². The molecule has 0 spiro atoms. The first-order valence-electron chi connectivity index (χ1n) is 10.3. The van der Waals surface area contributed by atoms with Crippen molar-refractivity contribution in [1.29, 1.82) is 0 Å². The molecule has 1 aromatic rings. The van der Waals surface area contributed by atoms with Crippen molar-refractivity contribution in [2.24, 2.45) is 11.8 Å². The highest BCUT2D eigenvalue weighted by atomic mass is 32.2. The molecule has 0 aliphatic carbocycles. The third-order valence-corrected chi connectivity index (χ3v) is 7.73. The van der Waals surface area contributed by atoms with Crippen molar-refractivity contribution in [3.8, 4) is 0 Å². The summed E-state index contributed by atoms with van der Waals surface area (Å²) in [6.07, 6.45) is 7.25. The normalized spacial score (nSPS) is 32.2.